The van der Waals surface area contributed by atoms with Crippen molar-refractivity contribution >= 4 is 0 Å². The third kappa shape index (κ3) is 3.64. The summed E-state index contributed by atoms with van der Waals surface area (Å²) in [6.07, 6.45) is 5.31. The van der Waals surface area contributed by atoms with Crippen LogP contribution in [0.25, 0.3) is 0 Å². The van der Waals surface area contributed by atoms with Crippen LogP contribution in [0.4, 0.5) is 0 Å². The average Bonchev–Trinajstić information content (AvgIpc) is 2.55. The first-order chi connectivity index (χ1) is 6.22. The molecule has 73 valence electrons. The average molecular weight is 181 g/mol. The molecule has 0 spiro atoms. The minimum Gasteiger partial charge on any atom is -0.472 e. The highest BCUT2D eigenvalue weighted by Crippen LogP contribution is 2.17. The lowest BCUT2D eigenvalue weighted by molar-refractivity contribution is 0.220. The Morgan fingerprint density at radius 3 is 2.77 bits per heavy atom. The molecular formula is C11H17O2. The third-order valence-electron chi connectivity index (χ3n) is 2.06. The summed E-state index contributed by atoms with van der Waals surface area (Å²) in [5.74, 6) is 1.70. The molecule has 0 fully saturated rings. The summed E-state index contributed by atoms with van der Waals surface area (Å²) in [5, 5.41) is 9.13. The summed E-state index contributed by atoms with van der Waals surface area (Å²) in [7, 11) is 0. The smallest absolute Gasteiger partial charge is 0.0934 e. The summed E-state index contributed by atoms with van der Waals surface area (Å²) in [5.41, 5.74) is 1.17. The van der Waals surface area contributed by atoms with Gasteiger partial charge in [-0.15, -0.1) is 0 Å². The van der Waals surface area contributed by atoms with Crippen LogP contribution in [0.15, 0.2) is 23.0 Å². The lowest BCUT2D eigenvalue weighted by atomic mass is 9.93. The zero-order valence-electron chi connectivity index (χ0n) is 8.29. The Morgan fingerprint density at radius 2 is 2.31 bits per heavy atom. The van der Waals surface area contributed by atoms with Crippen molar-refractivity contribution < 1.29 is 9.52 Å². The van der Waals surface area contributed by atoms with E-state index < -0.39 is 0 Å². The van der Waals surface area contributed by atoms with Gasteiger partial charge in [0, 0.05) is 6.61 Å². The van der Waals surface area contributed by atoms with Crippen LogP contribution in [0, 0.1) is 11.8 Å². The Balaban J connectivity index is 2.40. The molecule has 1 heterocycles. The molecule has 0 aliphatic rings. The highest BCUT2D eigenvalue weighted by atomic mass is 16.3. The van der Waals surface area contributed by atoms with Gasteiger partial charge in [0.05, 0.1) is 12.5 Å². The predicted molar refractivity (Wildman–Crippen MR) is 52.2 cm³/mol. The summed E-state index contributed by atoms with van der Waals surface area (Å²) in [4.78, 5) is 0. The van der Waals surface area contributed by atoms with Crippen LogP contribution in [0.2, 0.25) is 0 Å². The minimum atomic E-state index is 0.246. The van der Waals surface area contributed by atoms with Gasteiger partial charge in [-0.2, -0.15) is 0 Å². The number of aliphatic hydroxyl groups excluding tert-OH is 1. The first-order valence-electron chi connectivity index (χ1n) is 4.63. The molecule has 0 unspecified atom stereocenters. The van der Waals surface area contributed by atoms with Crippen LogP contribution >= 0.6 is 0 Å². The molecule has 0 amide bonds. The molecule has 2 nitrogen and oxygen atoms in total. The van der Waals surface area contributed by atoms with Gasteiger partial charge in [-0.3, -0.25) is 0 Å². The molecule has 1 radical (unpaired) electrons. The molecule has 0 aromatic carbocycles. The van der Waals surface area contributed by atoms with Crippen molar-refractivity contribution in [1.29, 1.82) is 0 Å². The quantitative estimate of drug-likeness (QED) is 0.756. The fourth-order valence-corrected chi connectivity index (χ4v) is 1.52. The molecule has 0 bridgehead atoms. The second kappa shape index (κ2) is 5.07. The van der Waals surface area contributed by atoms with Crippen molar-refractivity contribution in [3.05, 3.63) is 30.1 Å². The van der Waals surface area contributed by atoms with E-state index in [1.54, 1.807) is 12.5 Å². The largest absolute Gasteiger partial charge is 0.472 e. The van der Waals surface area contributed by atoms with E-state index in [4.69, 9.17) is 9.52 Å². The molecule has 0 aliphatic heterocycles. The van der Waals surface area contributed by atoms with E-state index in [1.807, 2.05) is 6.07 Å². The SMILES string of the molecule is C[C](C)C[C@@H](CO)Cc1ccoc1. The van der Waals surface area contributed by atoms with Crippen molar-refractivity contribution in [1.82, 2.24) is 0 Å². The van der Waals surface area contributed by atoms with Gasteiger partial charge in [-0.1, -0.05) is 13.8 Å². The van der Waals surface area contributed by atoms with Gasteiger partial charge in [-0.25, -0.2) is 0 Å². The van der Waals surface area contributed by atoms with Gasteiger partial charge in [0.2, 0.25) is 0 Å². The lowest BCUT2D eigenvalue weighted by Crippen LogP contribution is -2.11. The molecule has 0 saturated carbocycles. The molecule has 13 heavy (non-hydrogen) atoms. The van der Waals surface area contributed by atoms with Gasteiger partial charge in [0.1, 0.15) is 0 Å². The summed E-state index contributed by atoms with van der Waals surface area (Å²) in [6, 6.07) is 1.95. The molecule has 1 atom stereocenters. The molecule has 0 saturated heterocycles. The standard InChI is InChI=1S/C11H17O2/c1-9(2)5-11(7-12)6-10-3-4-13-8-10/h3-4,8,11-12H,5-7H2,1-2H3/t11-/m1/s1. The van der Waals surface area contributed by atoms with Gasteiger partial charge >= 0.3 is 0 Å². The van der Waals surface area contributed by atoms with E-state index in [1.165, 1.54) is 11.5 Å². The fraction of sp³-hybridized carbons (Fsp3) is 0.545. The maximum atomic E-state index is 9.13. The van der Waals surface area contributed by atoms with Gasteiger partial charge in [0.15, 0.2) is 0 Å². The van der Waals surface area contributed by atoms with Crippen LogP contribution < -0.4 is 0 Å². The maximum Gasteiger partial charge on any atom is 0.0934 e. The van der Waals surface area contributed by atoms with Crippen molar-refractivity contribution in [3.63, 3.8) is 0 Å². The summed E-state index contributed by atoms with van der Waals surface area (Å²) >= 11 is 0. The minimum absolute atomic E-state index is 0.246. The van der Waals surface area contributed by atoms with Crippen LogP contribution in [-0.4, -0.2) is 11.7 Å². The normalized spacial score (nSPS) is 13.5. The number of furan rings is 1. The van der Waals surface area contributed by atoms with Crippen molar-refractivity contribution in [2.24, 2.45) is 5.92 Å². The van der Waals surface area contributed by atoms with Gasteiger partial charge in [-0.05, 0) is 36.3 Å². The van der Waals surface area contributed by atoms with E-state index in [2.05, 4.69) is 13.8 Å². The van der Waals surface area contributed by atoms with E-state index in [0.29, 0.717) is 5.92 Å². The summed E-state index contributed by atoms with van der Waals surface area (Å²) in [6.45, 7) is 4.44. The zero-order valence-corrected chi connectivity index (χ0v) is 8.29. The first-order valence-corrected chi connectivity index (χ1v) is 4.63. The van der Waals surface area contributed by atoms with Crippen molar-refractivity contribution in [2.45, 2.75) is 26.7 Å². The molecule has 0 aliphatic carbocycles. The molecule has 2 heteroatoms. The Bertz CT molecular complexity index is 214. The monoisotopic (exact) mass is 181 g/mol. The number of aliphatic hydroxyl groups is 1. The highest BCUT2D eigenvalue weighted by molar-refractivity contribution is 5.06. The van der Waals surface area contributed by atoms with Crippen LogP contribution in [0.5, 0.6) is 0 Å². The van der Waals surface area contributed by atoms with Crippen molar-refractivity contribution in [3.8, 4) is 0 Å². The molecule has 1 rings (SSSR count). The predicted octanol–water partition coefficient (Wildman–Crippen LogP) is 2.43. The van der Waals surface area contributed by atoms with Crippen LogP contribution in [0.1, 0.15) is 25.8 Å². The maximum absolute atomic E-state index is 9.13. The number of hydrogen-bond donors (Lipinski definition) is 1. The molecular weight excluding hydrogens is 164 g/mol. The fourth-order valence-electron chi connectivity index (χ4n) is 1.52. The van der Waals surface area contributed by atoms with Crippen LogP contribution in [0.3, 0.4) is 0 Å². The van der Waals surface area contributed by atoms with Crippen molar-refractivity contribution in [2.75, 3.05) is 6.61 Å². The molecule has 1 aromatic rings. The molecule has 1 N–H and O–H groups in total. The Morgan fingerprint density at radius 1 is 1.54 bits per heavy atom. The molecule has 1 aromatic heterocycles. The highest BCUT2D eigenvalue weighted by Gasteiger charge is 2.11. The third-order valence-corrected chi connectivity index (χ3v) is 2.06. The van der Waals surface area contributed by atoms with Crippen LogP contribution in [-0.2, 0) is 6.42 Å². The lowest BCUT2D eigenvalue weighted by Gasteiger charge is -2.14. The van der Waals surface area contributed by atoms with Gasteiger partial charge < -0.3 is 9.52 Å². The van der Waals surface area contributed by atoms with E-state index in [-0.39, 0.29) is 6.61 Å². The summed E-state index contributed by atoms with van der Waals surface area (Å²) < 4.78 is 4.98. The van der Waals surface area contributed by atoms with E-state index in [9.17, 15) is 0 Å². The van der Waals surface area contributed by atoms with E-state index in [0.717, 1.165) is 12.8 Å². The second-order valence-electron chi connectivity index (χ2n) is 3.80. The van der Waals surface area contributed by atoms with E-state index >= 15 is 0 Å². The Labute approximate surface area is 79.6 Å². The van der Waals surface area contributed by atoms with Gasteiger partial charge in [0.25, 0.3) is 0 Å². The first kappa shape index (κ1) is 10.3. The topological polar surface area (TPSA) is 33.4 Å². The number of rotatable bonds is 5. The second-order valence-corrected chi connectivity index (χ2v) is 3.80. The Hall–Kier alpha value is -0.760. The zero-order chi connectivity index (χ0) is 9.68. The Kier molecular flexibility index (Phi) is 4.03. The number of hydrogen-bond acceptors (Lipinski definition) is 2.